The molecule has 5 rings (SSSR count). The molecular weight excluding hydrogens is 553 g/mol. The van der Waals surface area contributed by atoms with E-state index in [1.165, 1.54) is 30.3 Å². The van der Waals surface area contributed by atoms with E-state index in [9.17, 15) is 22.4 Å². The molecule has 2 aliphatic rings. The summed E-state index contributed by atoms with van der Waals surface area (Å²) in [4.78, 5) is 27.5. The molecule has 2 N–H and O–H groups in total. The molecule has 0 saturated carbocycles. The number of fused-ring (bicyclic) bond motifs is 2. The summed E-state index contributed by atoms with van der Waals surface area (Å²) in [5, 5.41) is 2.86. The molecule has 3 aromatic rings. The number of hydrogen-bond donors (Lipinski definition) is 2. The van der Waals surface area contributed by atoms with Gasteiger partial charge in [-0.1, -0.05) is 12.1 Å². The fourth-order valence-corrected chi connectivity index (χ4v) is 6.14. The monoisotopic (exact) mass is 583 g/mol. The third kappa shape index (κ3) is 6.44. The van der Waals surface area contributed by atoms with Crippen LogP contribution in [0.3, 0.4) is 0 Å². The van der Waals surface area contributed by atoms with Crippen molar-refractivity contribution in [3.63, 3.8) is 0 Å². The fourth-order valence-electron chi connectivity index (χ4n) is 5.06. The van der Waals surface area contributed by atoms with Crippen molar-refractivity contribution in [2.75, 3.05) is 30.8 Å². The minimum absolute atomic E-state index is 0.137. The number of benzene rings is 3. The molecule has 10 nitrogen and oxygen atoms in total. The van der Waals surface area contributed by atoms with Crippen molar-refractivity contribution in [2.24, 2.45) is 0 Å². The Morgan fingerprint density at radius 2 is 1.88 bits per heavy atom. The number of nitrogens with zero attached hydrogens (tertiary/aromatic N) is 1. The third-order valence-corrected chi connectivity index (χ3v) is 8.52. The molecule has 3 aromatic carbocycles. The zero-order valence-electron chi connectivity index (χ0n) is 22.5. The number of halogens is 1. The fraction of sp³-hybridized carbons (Fsp3) is 0.310. The number of carbonyl (C=O) groups excluding carboxylic acids is 2. The average Bonchev–Trinajstić information content (AvgIpc) is 2.95. The van der Waals surface area contributed by atoms with E-state index in [0.717, 1.165) is 12.1 Å². The molecule has 0 radical (unpaired) electrons. The highest BCUT2D eigenvalue weighted by atomic mass is 32.2. The number of anilines is 2. The first-order valence-corrected chi connectivity index (χ1v) is 14.5. The smallest absolute Gasteiger partial charge is 0.261 e. The molecule has 2 amide bonds. The lowest BCUT2D eigenvalue weighted by molar-refractivity contribution is -0.130. The molecule has 1 fully saturated rings. The predicted octanol–water partition coefficient (Wildman–Crippen LogP) is 4.04. The number of amides is 2. The van der Waals surface area contributed by atoms with Gasteiger partial charge in [-0.2, -0.15) is 0 Å². The Kier molecular flexibility index (Phi) is 8.13. The summed E-state index contributed by atoms with van der Waals surface area (Å²) in [7, 11) is -0.863. The summed E-state index contributed by atoms with van der Waals surface area (Å²) in [5.41, 5.74) is 0.944. The molecular formula is C29H30FN3O7S. The van der Waals surface area contributed by atoms with E-state index in [0.29, 0.717) is 24.3 Å². The molecule has 2 heterocycles. The van der Waals surface area contributed by atoms with Crippen LogP contribution in [0.5, 0.6) is 11.5 Å². The van der Waals surface area contributed by atoms with Gasteiger partial charge in [0, 0.05) is 24.5 Å². The Morgan fingerprint density at radius 1 is 1.07 bits per heavy atom. The Hall–Kier alpha value is -4.16. The maximum atomic E-state index is 13.6. The zero-order chi connectivity index (χ0) is 29.1. The van der Waals surface area contributed by atoms with Crippen LogP contribution in [0.1, 0.15) is 29.6 Å². The minimum atomic E-state index is -4.08. The number of ether oxygens (including phenoxy) is 3. The minimum Gasteiger partial charge on any atom is -0.497 e. The van der Waals surface area contributed by atoms with Crippen molar-refractivity contribution in [1.82, 2.24) is 4.90 Å². The van der Waals surface area contributed by atoms with E-state index in [1.54, 1.807) is 43.3 Å². The number of methoxy groups -OCH3 is 1. The second-order valence-electron chi connectivity index (χ2n) is 9.93. The second-order valence-corrected chi connectivity index (χ2v) is 11.6. The maximum Gasteiger partial charge on any atom is 0.261 e. The van der Waals surface area contributed by atoms with Gasteiger partial charge in [-0.3, -0.25) is 14.3 Å². The summed E-state index contributed by atoms with van der Waals surface area (Å²) in [6.45, 7) is 0.137. The van der Waals surface area contributed by atoms with Gasteiger partial charge in [-0.15, -0.1) is 0 Å². The van der Waals surface area contributed by atoms with Crippen molar-refractivity contribution >= 4 is 33.2 Å². The standard InChI is InChI=1S/C29H30FN3O7S/c1-33-25-11-10-22(16-28(34)31-19-6-4-7-21(14-19)38-2)40-27(25)17-39-26-12-9-20(15-24(26)29(33)35)32-41(36,37)23-8-3-5-18(30)13-23/h3-9,12-15,22,25,27,32H,10-11,16-17H2,1-2H3,(H,31,34)/t22-,25+,27+/m0/s1. The number of hydrogen-bond acceptors (Lipinski definition) is 7. The van der Waals surface area contributed by atoms with E-state index in [2.05, 4.69) is 10.0 Å². The van der Waals surface area contributed by atoms with Crippen LogP contribution in [0.2, 0.25) is 0 Å². The van der Waals surface area contributed by atoms with Crippen molar-refractivity contribution in [1.29, 1.82) is 0 Å². The molecule has 12 heteroatoms. The van der Waals surface area contributed by atoms with Crippen molar-refractivity contribution < 1.29 is 36.6 Å². The number of likely N-dealkylation sites (N-methyl/N-ethyl adjacent to an activating group) is 1. The van der Waals surface area contributed by atoms with Gasteiger partial charge in [0.05, 0.1) is 36.1 Å². The zero-order valence-corrected chi connectivity index (χ0v) is 23.3. The summed E-state index contributed by atoms with van der Waals surface area (Å²) in [6.07, 6.45) is 0.474. The lowest BCUT2D eigenvalue weighted by Crippen LogP contribution is -2.53. The molecule has 0 unspecified atom stereocenters. The highest BCUT2D eigenvalue weighted by Crippen LogP contribution is 2.33. The van der Waals surface area contributed by atoms with Crippen molar-refractivity contribution in [3.8, 4) is 11.5 Å². The lowest BCUT2D eigenvalue weighted by atomic mass is 9.94. The highest BCUT2D eigenvalue weighted by molar-refractivity contribution is 7.92. The van der Waals surface area contributed by atoms with Crippen LogP contribution >= 0.6 is 0 Å². The summed E-state index contributed by atoms with van der Waals surface area (Å²) in [5.74, 6) is -0.332. The van der Waals surface area contributed by atoms with Crippen LogP contribution in [-0.2, 0) is 19.6 Å². The van der Waals surface area contributed by atoms with E-state index in [-0.39, 0.29) is 58.9 Å². The van der Waals surface area contributed by atoms with Crippen LogP contribution in [0, 0.1) is 5.82 Å². The van der Waals surface area contributed by atoms with Gasteiger partial charge < -0.3 is 24.4 Å². The van der Waals surface area contributed by atoms with E-state index in [1.807, 2.05) is 0 Å². The Morgan fingerprint density at radius 3 is 2.66 bits per heavy atom. The molecule has 2 aliphatic heterocycles. The lowest BCUT2D eigenvalue weighted by Gasteiger charge is -2.42. The van der Waals surface area contributed by atoms with E-state index >= 15 is 0 Å². The summed E-state index contributed by atoms with van der Waals surface area (Å²) in [6, 6.07) is 15.8. The third-order valence-electron chi connectivity index (χ3n) is 7.14. The van der Waals surface area contributed by atoms with Gasteiger partial charge in [0.1, 0.15) is 30.0 Å². The first-order valence-electron chi connectivity index (χ1n) is 13.0. The van der Waals surface area contributed by atoms with Gasteiger partial charge in [0.15, 0.2) is 0 Å². The number of nitrogens with one attached hydrogen (secondary N) is 2. The molecule has 1 saturated heterocycles. The number of sulfonamides is 1. The maximum absolute atomic E-state index is 13.6. The van der Waals surface area contributed by atoms with Crippen LogP contribution < -0.4 is 19.5 Å². The summed E-state index contributed by atoms with van der Waals surface area (Å²) >= 11 is 0. The normalized spacial score (nSPS) is 20.5. The SMILES string of the molecule is COc1cccc(NC(=O)C[C@@H]2CC[C@@H]3[C@@H](COc4ccc(NS(=O)(=O)c5cccc(F)c5)cc4C(=O)N3C)O2)c1. The molecule has 216 valence electrons. The van der Waals surface area contributed by atoms with Gasteiger partial charge >= 0.3 is 0 Å². The Bertz CT molecular complexity index is 1570. The Labute approximate surface area is 237 Å². The van der Waals surface area contributed by atoms with E-state index < -0.39 is 21.9 Å². The average molecular weight is 584 g/mol. The van der Waals surface area contributed by atoms with Crippen LogP contribution in [-0.4, -0.2) is 64.1 Å². The van der Waals surface area contributed by atoms with Crippen LogP contribution in [0.15, 0.2) is 71.6 Å². The van der Waals surface area contributed by atoms with Crippen molar-refractivity contribution in [3.05, 3.63) is 78.1 Å². The van der Waals surface area contributed by atoms with Gasteiger partial charge in [0.25, 0.3) is 15.9 Å². The first-order chi connectivity index (χ1) is 19.6. The van der Waals surface area contributed by atoms with Gasteiger partial charge in [0.2, 0.25) is 5.91 Å². The van der Waals surface area contributed by atoms with Gasteiger partial charge in [-0.05, 0) is 61.4 Å². The molecule has 41 heavy (non-hydrogen) atoms. The highest BCUT2D eigenvalue weighted by Gasteiger charge is 2.39. The largest absolute Gasteiger partial charge is 0.497 e. The van der Waals surface area contributed by atoms with Crippen LogP contribution in [0.4, 0.5) is 15.8 Å². The quantitative estimate of drug-likeness (QED) is 0.430. The first kappa shape index (κ1) is 28.4. The van der Waals surface area contributed by atoms with Crippen LogP contribution in [0.25, 0.3) is 0 Å². The molecule has 3 atom stereocenters. The molecule has 0 bridgehead atoms. The summed E-state index contributed by atoms with van der Waals surface area (Å²) < 4.78 is 58.9. The topological polar surface area (TPSA) is 123 Å². The molecule has 0 aromatic heterocycles. The predicted molar refractivity (Wildman–Crippen MR) is 149 cm³/mol. The van der Waals surface area contributed by atoms with E-state index in [4.69, 9.17) is 14.2 Å². The molecule has 0 aliphatic carbocycles. The molecule has 0 spiro atoms. The number of rotatable bonds is 7. The van der Waals surface area contributed by atoms with Gasteiger partial charge in [-0.25, -0.2) is 12.8 Å². The number of carbonyl (C=O) groups is 2. The second kappa shape index (κ2) is 11.8. The Balaban J connectivity index is 1.26. The van der Waals surface area contributed by atoms with Crippen molar-refractivity contribution in [2.45, 2.75) is 42.4 Å².